The molecule has 29 heavy (non-hydrogen) atoms. The van der Waals surface area contributed by atoms with Crippen LogP contribution in [0.3, 0.4) is 0 Å². The molecule has 0 saturated heterocycles. The Kier molecular flexibility index (Phi) is 7.52. The van der Waals surface area contributed by atoms with Crippen LogP contribution in [0.2, 0.25) is 0 Å². The Morgan fingerprint density at radius 3 is 1.83 bits per heavy atom. The van der Waals surface area contributed by atoms with Crippen LogP contribution in [-0.4, -0.2) is 6.61 Å². The van der Waals surface area contributed by atoms with Crippen molar-refractivity contribution < 1.29 is 4.74 Å². The molecule has 0 radical (unpaired) electrons. The second-order valence-electron chi connectivity index (χ2n) is 8.14. The van der Waals surface area contributed by atoms with E-state index in [-0.39, 0.29) is 5.41 Å². The number of aryl methyl sites for hydroxylation is 1. The molecule has 3 aromatic carbocycles. The van der Waals surface area contributed by atoms with Crippen molar-refractivity contribution in [3.05, 3.63) is 101 Å². The molecule has 0 spiro atoms. The summed E-state index contributed by atoms with van der Waals surface area (Å²) in [5.74, 6) is 0.962. The van der Waals surface area contributed by atoms with Crippen LogP contribution >= 0.6 is 0 Å². The molecule has 0 N–H and O–H groups in total. The maximum Gasteiger partial charge on any atom is 0.119 e. The normalized spacial score (nSPS) is 13.1. The van der Waals surface area contributed by atoms with E-state index in [4.69, 9.17) is 4.74 Å². The smallest absolute Gasteiger partial charge is 0.119 e. The Balaban J connectivity index is 1.79. The van der Waals surface area contributed by atoms with Gasteiger partial charge in [-0.1, -0.05) is 105 Å². The first kappa shape index (κ1) is 21.2. The van der Waals surface area contributed by atoms with Gasteiger partial charge in [-0.2, -0.15) is 0 Å². The lowest BCUT2D eigenvalue weighted by Crippen LogP contribution is -2.25. The summed E-state index contributed by atoms with van der Waals surface area (Å²) >= 11 is 0. The maximum absolute atomic E-state index is 5.98. The predicted molar refractivity (Wildman–Crippen MR) is 124 cm³/mol. The summed E-state index contributed by atoms with van der Waals surface area (Å²) in [6.07, 6.45) is 6.30. The van der Waals surface area contributed by atoms with Crippen LogP contribution in [0.25, 0.3) is 0 Å². The van der Waals surface area contributed by atoms with Crippen LogP contribution < -0.4 is 4.74 Å². The standard InChI is InChI=1S/C28H34O/c1-4-5-6-7-11-22-29-27-20-18-26(19-21-27)28(3,24-12-9-8-10-13-24)25-16-14-23(2)15-17-25/h8-10,12-21H,4-7,11,22H2,1-3H3. The largest absolute Gasteiger partial charge is 0.494 e. The molecule has 0 aromatic heterocycles. The van der Waals surface area contributed by atoms with E-state index in [1.54, 1.807) is 0 Å². The van der Waals surface area contributed by atoms with Crippen molar-refractivity contribution in [1.29, 1.82) is 0 Å². The Morgan fingerprint density at radius 2 is 1.21 bits per heavy atom. The Bertz CT molecular complexity index is 849. The molecule has 0 fully saturated rings. The van der Waals surface area contributed by atoms with Gasteiger partial charge in [0.25, 0.3) is 0 Å². The fraction of sp³-hybridized carbons (Fsp3) is 0.357. The van der Waals surface area contributed by atoms with E-state index in [1.165, 1.54) is 47.9 Å². The molecule has 0 bridgehead atoms. The van der Waals surface area contributed by atoms with Gasteiger partial charge >= 0.3 is 0 Å². The van der Waals surface area contributed by atoms with Crippen LogP contribution in [0.1, 0.15) is 68.2 Å². The van der Waals surface area contributed by atoms with E-state index in [2.05, 4.69) is 99.6 Å². The second-order valence-corrected chi connectivity index (χ2v) is 8.14. The fourth-order valence-electron chi connectivity index (χ4n) is 3.94. The lowest BCUT2D eigenvalue weighted by molar-refractivity contribution is 0.304. The molecule has 3 rings (SSSR count). The maximum atomic E-state index is 5.98. The van der Waals surface area contributed by atoms with Gasteiger partial charge in [0, 0.05) is 5.41 Å². The highest BCUT2D eigenvalue weighted by molar-refractivity contribution is 5.50. The third-order valence-electron chi connectivity index (χ3n) is 5.93. The van der Waals surface area contributed by atoms with Gasteiger partial charge in [0.1, 0.15) is 5.75 Å². The molecule has 0 saturated carbocycles. The van der Waals surface area contributed by atoms with Gasteiger partial charge in [-0.05, 0) is 49.1 Å². The predicted octanol–water partition coefficient (Wildman–Crippen LogP) is 7.70. The topological polar surface area (TPSA) is 9.23 Å². The monoisotopic (exact) mass is 386 g/mol. The van der Waals surface area contributed by atoms with Crippen molar-refractivity contribution >= 4 is 0 Å². The molecule has 1 unspecified atom stereocenters. The summed E-state index contributed by atoms with van der Waals surface area (Å²) in [5, 5.41) is 0. The molecular formula is C28H34O. The second kappa shape index (κ2) is 10.3. The van der Waals surface area contributed by atoms with Gasteiger partial charge in [-0.15, -0.1) is 0 Å². The van der Waals surface area contributed by atoms with Crippen molar-refractivity contribution in [3.8, 4) is 5.75 Å². The third-order valence-corrected chi connectivity index (χ3v) is 5.93. The van der Waals surface area contributed by atoms with Gasteiger partial charge in [-0.3, -0.25) is 0 Å². The van der Waals surface area contributed by atoms with Crippen molar-refractivity contribution in [2.75, 3.05) is 6.61 Å². The molecule has 3 aromatic rings. The fourth-order valence-corrected chi connectivity index (χ4v) is 3.94. The highest BCUT2D eigenvalue weighted by Crippen LogP contribution is 2.39. The van der Waals surface area contributed by atoms with Crippen molar-refractivity contribution in [2.45, 2.75) is 58.3 Å². The molecular weight excluding hydrogens is 352 g/mol. The molecule has 1 atom stereocenters. The number of hydrogen-bond donors (Lipinski definition) is 0. The van der Waals surface area contributed by atoms with E-state index in [0.29, 0.717) is 0 Å². The molecule has 0 aliphatic heterocycles. The van der Waals surface area contributed by atoms with Crippen LogP contribution in [0.4, 0.5) is 0 Å². The lowest BCUT2D eigenvalue weighted by Gasteiger charge is -2.32. The minimum atomic E-state index is -0.201. The summed E-state index contributed by atoms with van der Waals surface area (Å²) in [4.78, 5) is 0. The Hall–Kier alpha value is -2.54. The van der Waals surface area contributed by atoms with E-state index in [9.17, 15) is 0 Å². The van der Waals surface area contributed by atoms with Crippen LogP contribution in [0.15, 0.2) is 78.9 Å². The number of ether oxygens (including phenoxy) is 1. The first-order valence-electron chi connectivity index (χ1n) is 11.0. The molecule has 1 heteroatoms. The minimum absolute atomic E-state index is 0.201. The molecule has 0 aliphatic rings. The SMILES string of the molecule is CCCCCCCOc1ccc(C(C)(c2ccccc2)c2ccc(C)cc2)cc1. The molecule has 152 valence electrons. The van der Waals surface area contributed by atoms with Crippen molar-refractivity contribution in [2.24, 2.45) is 0 Å². The zero-order valence-electron chi connectivity index (χ0n) is 18.2. The van der Waals surface area contributed by atoms with Crippen molar-refractivity contribution in [3.63, 3.8) is 0 Å². The van der Waals surface area contributed by atoms with E-state index < -0.39 is 0 Å². The zero-order chi connectivity index (χ0) is 20.5. The van der Waals surface area contributed by atoms with Crippen LogP contribution in [0, 0.1) is 6.92 Å². The van der Waals surface area contributed by atoms with Gasteiger partial charge in [0.15, 0.2) is 0 Å². The first-order chi connectivity index (χ1) is 14.1. The number of benzene rings is 3. The summed E-state index contributed by atoms with van der Waals surface area (Å²) in [7, 11) is 0. The highest BCUT2D eigenvalue weighted by atomic mass is 16.5. The van der Waals surface area contributed by atoms with Gasteiger partial charge in [-0.25, -0.2) is 0 Å². The molecule has 0 amide bonds. The summed E-state index contributed by atoms with van der Waals surface area (Å²) in [5.41, 5.74) is 4.97. The average Bonchev–Trinajstić information content (AvgIpc) is 2.77. The number of rotatable bonds is 10. The van der Waals surface area contributed by atoms with Crippen molar-refractivity contribution in [1.82, 2.24) is 0 Å². The summed E-state index contributed by atoms with van der Waals surface area (Å²) in [6.45, 7) is 7.50. The summed E-state index contributed by atoms with van der Waals surface area (Å²) in [6, 6.07) is 28.4. The van der Waals surface area contributed by atoms with Gasteiger partial charge in [0.05, 0.1) is 6.61 Å². The summed E-state index contributed by atoms with van der Waals surface area (Å²) < 4.78 is 5.98. The third kappa shape index (κ3) is 5.29. The van der Waals surface area contributed by atoms with Gasteiger partial charge < -0.3 is 4.74 Å². The Labute approximate surface area is 176 Å². The van der Waals surface area contributed by atoms with Gasteiger partial charge in [0.2, 0.25) is 0 Å². The first-order valence-corrected chi connectivity index (χ1v) is 11.0. The Morgan fingerprint density at radius 1 is 0.655 bits per heavy atom. The molecule has 0 aliphatic carbocycles. The van der Waals surface area contributed by atoms with Crippen LogP contribution in [-0.2, 0) is 5.41 Å². The molecule has 0 heterocycles. The number of unbranched alkanes of at least 4 members (excludes halogenated alkanes) is 4. The lowest BCUT2D eigenvalue weighted by atomic mass is 9.71. The number of hydrogen-bond acceptors (Lipinski definition) is 1. The highest BCUT2D eigenvalue weighted by Gasteiger charge is 2.30. The average molecular weight is 387 g/mol. The zero-order valence-corrected chi connectivity index (χ0v) is 18.2. The van der Waals surface area contributed by atoms with E-state index in [1.807, 2.05) is 0 Å². The minimum Gasteiger partial charge on any atom is -0.494 e. The van der Waals surface area contributed by atoms with Crippen LogP contribution in [0.5, 0.6) is 5.75 Å². The molecule has 1 nitrogen and oxygen atoms in total. The van der Waals surface area contributed by atoms with E-state index >= 15 is 0 Å². The van der Waals surface area contributed by atoms with E-state index in [0.717, 1.165) is 18.8 Å². The quantitative estimate of drug-likeness (QED) is 0.256.